The number of nitrogens with one attached hydrogen (secondary N) is 1. The van der Waals surface area contributed by atoms with E-state index in [0.717, 1.165) is 19.5 Å². The Hall–Kier alpha value is -0.900. The second-order valence-electron chi connectivity index (χ2n) is 4.58. The quantitative estimate of drug-likeness (QED) is 0.714. The fourth-order valence-electron chi connectivity index (χ4n) is 2.35. The zero-order valence-electron chi connectivity index (χ0n) is 9.65. The summed E-state index contributed by atoms with van der Waals surface area (Å²) >= 11 is 0. The lowest BCUT2D eigenvalue weighted by atomic mass is 9.88. The molecule has 1 aromatic rings. The van der Waals surface area contributed by atoms with Crippen molar-refractivity contribution in [2.45, 2.75) is 25.4 Å². The van der Waals surface area contributed by atoms with Gasteiger partial charge in [0.1, 0.15) is 0 Å². The van der Waals surface area contributed by atoms with Gasteiger partial charge in [0.15, 0.2) is 0 Å². The van der Waals surface area contributed by atoms with Gasteiger partial charge in [-0.2, -0.15) is 0 Å². The Morgan fingerprint density at radius 1 is 1.19 bits per heavy atom. The van der Waals surface area contributed by atoms with Gasteiger partial charge in [-0.15, -0.1) is 0 Å². The Morgan fingerprint density at radius 2 is 1.94 bits per heavy atom. The molecule has 2 unspecified atom stereocenters. The second-order valence-corrected chi connectivity index (χ2v) is 4.58. The first-order chi connectivity index (χ1) is 7.83. The summed E-state index contributed by atoms with van der Waals surface area (Å²) in [5.74, 6) is 0.667. The Morgan fingerprint density at radius 3 is 2.56 bits per heavy atom. The van der Waals surface area contributed by atoms with Crippen molar-refractivity contribution in [2.24, 2.45) is 17.4 Å². The minimum Gasteiger partial charge on any atom is -0.330 e. The normalized spacial score (nSPS) is 25.6. The van der Waals surface area contributed by atoms with Gasteiger partial charge in [-0.3, -0.25) is 0 Å². The van der Waals surface area contributed by atoms with E-state index in [1.54, 1.807) is 0 Å². The van der Waals surface area contributed by atoms with E-state index >= 15 is 0 Å². The highest BCUT2D eigenvalue weighted by Crippen LogP contribution is 2.26. The van der Waals surface area contributed by atoms with Gasteiger partial charge in [0.05, 0.1) is 0 Å². The van der Waals surface area contributed by atoms with E-state index in [0.29, 0.717) is 18.5 Å². The van der Waals surface area contributed by atoms with Gasteiger partial charge < -0.3 is 16.8 Å². The molecule has 1 aliphatic rings. The highest BCUT2D eigenvalue weighted by molar-refractivity contribution is 5.25. The molecule has 2 rings (SSSR count). The van der Waals surface area contributed by atoms with Crippen molar-refractivity contribution in [3.8, 4) is 0 Å². The summed E-state index contributed by atoms with van der Waals surface area (Å²) < 4.78 is 0. The molecule has 0 amide bonds. The molecule has 1 heterocycles. The topological polar surface area (TPSA) is 64.1 Å². The molecule has 0 bridgehead atoms. The van der Waals surface area contributed by atoms with Gasteiger partial charge >= 0.3 is 0 Å². The molecular formula is C13H21N3. The largest absolute Gasteiger partial charge is 0.330 e. The minimum atomic E-state index is 0.467. The maximum atomic E-state index is 5.74. The van der Waals surface area contributed by atoms with Crippen LogP contribution in [0.5, 0.6) is 0 Å². The van der Waals surface area contributed by atoms with Gasteiger partial charge in [-0.05, 0) is 43.0 Å². The highest BCUT2D eigenvalue weighted by Gasteiger charge is 2.21. The van der Waals surface area contributed by atoms with Crippen LogP contribution in [-0.2, 0) is 6.54 Å². The molecule has 1 saturated heterocycles. The molecule has 3 heteroatoms. The highest BCUT2D eigenvalue weighted by atomic mass is 14.9. The number of benzene rings is 1. The van der Waals surface area contributed by atoms with Crippen LogP contribution < -0.4 is 16.8 Å². The van der Waals surface area contributed by atoms with Crippen LogP contribution >= 0.6 is 0 Å². The standard InChI is InChI=1S/C13H21N3/c14-8-10-1-3-12(4-2-10)13-7-11(9-15)5-6-16-13/h1-4,11,13,16H,5-9,14-15H2. The predicted octanol–water partition coefficient (Wildman–Crippen LogP) is 1.14. The van der Waals surface area contributed by atoms with Crippen LogP contribution in [0.15, 0.2) is 24.3 Å². The van der Waals surface area contributed by atoms with Crippen LogP contribution in [-0.4, -0.2) is 13.1 Å². The zero-order valence-corrected chi connectivity index (χ0v) is 9.65. The number of rotatable bonds is 3. The molecule has 0 saturated carbocycles. The molecule has 0 radical (unpaired) electrons. The van der Waals surface area contributed by atoms with Gasteiger partial charge in [0, 0.05) is 12.6 Å². The summed E-state index contributed by atoms with van der Waals surface area (Å²) in [4.78, 5) is 0. The van der Waals surface area contributed by atoms with Crippen molar-refractivity contribution in [1.82, 2.24) is 5.32 Å². The molecule has 16 heavy (non-hydrogen) atoms. The monoisotopic (exact) mass is 219 g/mol. The number of hydrogen-bond donors (Lipinski definition) is 3. The van der Waals surface area contributed by atoms with E-state index in [2.05, 4.69) is 29.6 Å². The smallest absolute Gasteiger partial charge is 0.0323 e. The number of piperidine rings is 1. The first-order valence-corrected chi connectivity index (χ1v) is 6.06. The van der Waals surface area contributed by atoms with Crippen molar-refractivity contribution in [3.05, 3.63) is 35.4 Å². The molecule has 1 fully saturated rings. The van der Waals surface area contributed by atoms with Gasteiger partial charge in [-0.1, -0.05) is 24.3 Å². The van der Waals surface area contributed by atoms with Gasteiger partial charge in [0.2, 0.25) is 0 Å². The molecule has 1 aliphatic heterocycles. The molecule has 88 valence electrons. The van der Waals surface area contributed by atoms with E-state index in [-0.39, 0.29) is 0 Å². The van der Waals surface area contributed by atoms with Gasteiger partial charge in [-0.25, -0.2) is 0 Å². The Balaban J connectivity index is 2.05. The summed E-state index contributed by atoms with van der Waals surface area (Å²) in [6, 6.07) is 9.05. The summed E-state index contributed by atoms with van der Waals surface area (Å²) in [5.41, 5.74) is 13.9. The van der Waals surface area contributed by atoms with Crippen molar-refractivity contribution in [1.29, 1.82) is 0 Å². The third-order valence-corrected chi connectivity index (χ3v) is 3.46. The van der Waals surface area contributed by atoms with Crippen LogP contribution in [0, 0.1) is 5.92 Å². The maximum Gasteiger partial charge on any atom is 0.0323 e. The minimum absolute atomic E-state index is 0.467. The van der Waals surface area contributed by atoms with E-state index < -0.39 is 0 Å². The van der Waals surface area contributed by atoms with Crippen molar-refractivity contribution < 1.29 is 0 Å². The van der Waals surface area contributed by atoms with E-state index in [1.165, 1.54) is 17.5 Å². The first-order valence-electron chi connectivity index (χ1n) is 6.06. The molecule has 0 spiro atoms. The molecule has 2 atom stereocenters. The van der Waals surface area contributed by atoms with Crippen molar-refractivity contribution >= 4 is 0 Å². The fraction of sp³-hybridized carbons (Fsp3) is 0.538. The lowest BCUT2D eigenvalue weighted by Gasteiger charge is -2.30. The van der Waals surface area contributed by atoms with Crippen molar-refractivity contribution in [3.63, 3.8) is 0 Å². The number of nitrogens with two attached hydrogens (primary N) is 2. The third-order valence-electron chi connectivity index (χ3n) is 3.46. The second kappa shape index (κ2) is 5.43. The summed E-state index contributed by atoms with van der Waals surface area (Å²) in [6.07, 6.45) is 2.35. The maximum absolute atomic E-state index is 5.74. The molecule has 0 aliphatic carbocycles. The Labute approximate surface area is 97.2 Å². The number of hydrogen-bond acceptors (Lipinski definition) is 3. The molecule has 5 N–H and O–H groups in total. The molecular weight excluding hydrogens is 198 g/mol. The predicted molar refractivity (Wildman–Crippen MR) is 66.9 cm³/mol. The van der Waals surface area contributed by atoms with E-state index in [9.17, 15) is 0 Å². The van der Waals surface area contributed by atoms with Crippen molar-refractivity contribution in [2.75, 3.05) is 13.1 Å². The van der Waals surface area contributed by atoms with Gasteiger partial charge in [0.25, 0.3) is 0 Å². The van der Waals surface area contributed by atoms with Crippen LogP contribution in [0.1, 0.15) is 30.0 Å². The zero-order chi connectivity index (χ0) is 11.4. The fourth-order valence-corrected chi connectivity index (χ4v) is 2.35. The summed E-state index contributed by atoms with van der Waals surface area (Å²) in [6.45, 7) is 2.49. The SMILES string of the molecule is NCc1ccc(C2CC(CN)CCN2)cc1. The molecule has 3 nitrogen and oxygen atoms in total. The summed E-state index contributed by atoms with van der Waals surface area (Å²) in [7, 11) is 0. The lowest BCUT2D eigenvalue weighted by molar-refractivity contribution is 0.312. The average Bonchev–Trinajstić information content (AvgIpc) is 2.39. The van der Waals surface area contributed by atoms with Crippen LogP contribution in [0.2, 0.25) is 0 Å². The Kier molecular flexibility index (Phi) is 3.93. The average molecular weight is 219 g/mol. The van der Waals surface area contributed by atoms with Crippen LogP contribution in [0.25, 0.3) is 0 Å². The van der Waals surface area contributed by atoms with E-state index in [1.807, 2.05) is 0 Å². The van der Waals surface area contributed by atoms with E-state index in [4.69, 9.17) is 11.5 Å². The van der Waals surface area contributed by atoms with Crippen LogP contribution in [0.4, 0.5) is 0 Å². The first kappa shape index (κ1) is 11.6. The molecule has 0 aromatic heterocycles. The molecule has 1 aromatic carbocycles. The van der Waals surface area contributed by atoms with Crippen LogP contribution in [0.3, 0.4) is 0 Å². The Bertz CT molecular complexity index is 320. The lowest BCUT2D eigenvalue weighted by Crippen LogP contribution is -2.34. The third kappa shape index (κ3) is 2.61. The summed E-state index contributed by atoms with van der Waals surface area (Å²) in [5, 5.41) is 3.55.